The number of nitrogens with one attached hydrogen (secondary N) is 1. The topological polar surface area (TPSA) is 124 Å². The molecule has 1 aliphatic rings. The van der Waals surface area contributed by atoms with E-state index in [-0.39, 0.29) is 27.9 Å². The van der Waals surface area contributed by atoms with E-state index in [1.807, 2.05) is 26.0 Å². The number of phenolic OH excluding ortho intramolecular Hbond substituents is 1. The molecular weight excluding hydrogens is 412 g/mol. The van der Waals surface area contributed by atoms with Gasteiger partial charge >= 0.3 is 5.97 Å². The average Bonchev–Trinajstić information content (AvgIpc) is 2.99. The highest BCUT2D eigenvalue weighted by Crippen LogP contribution is 2.32. The number of carboxylic acids is 1. The van der Waals surface area contributed by atoms with Crippen molar-refractivity contribution >= 4 is 35.1 Å². The lowest BCUT2D eigenvalue weighted by molar-refractivity contribution is 0.0695. The molecule has 3 aromatic carbocycles. The van der Waals surface area contributed by atoms with Crippen LogP contribution in [-0.2, 0) is 0 Å². The molecule has 0 unspecified atom stereocenters. The van der Waals surface area contributed by atoms with Gasteiger partial charge in [-0.3, -0.25) is 14.4 Å². The summed E-state index contributed by atoms with van der Waals surface area (Å²) in [5, 5.41) is 21.4. The van der Waals surface area contributed by atoms with Gasteiger partial charge in [0, 0.05) is 5.56 Å². The van der Waals surface area contributed by atoms with Gasteiger partial charge in [-0.2, -0.15) is 0 Å². The molecule has 0 saturated carbocycles. The lowest BCUT2D eigenvalue weighted by Crippen LogP contribution is -2.30. The molecule has 3 amide bonds. The third kappa shape index (κ3) is 3.47. The van der Waals surface area contributed by atoms with E-state index in [4.69, 9.17) is 5.11 Å². The predicted molar refractivity (Wildman–Crippen MR) is 117 cm³/mol. The van der Waals surface area contributed by atoms with Gasteiger partial charge in [0.05, 0.1) is 28.1 Å². The molecule has 4 rings (SSSR count). The second-order valence-electron chi connectivity index (χ2n) is 7.49. The Morgan fingerprint density at radius 2 is 1.53 bits per heavy atom. The zero-order valence-electron chi connectivity index (χ0n) is 17.2. The first-order valence-electron chi connectivity index (χ1n) is 9.65. The fourth-order valence-corrected chi connectivity index (χ4v) is 3.62. The molecule has 3 N–H and O–H groups in total. The molecule has 0 radical (unpaired) electrons. The molecule has 1 aliphatic heterocycles. The highest BCUT2D eigenvalue weighted by Gasteiger charge is 2.37. The minimum absolute atomic E-state index is 0.0137. The molecule has 32 heavy (non-hydrogen) atoms. The number of anilines is 2. The number of hydrogen-bond donors (Lipinski definition) is 3. The molecule has 0 bridgehead atoms. The van der Waals surface area contributed by atoms with E-state index in [0.717, 1.165) is 22.1 Å². The Balaban J connectivity index is 1.62. The standard InChI is InChI=1S/C24H18N2O6/c1-12-3-8-19(13(2)9-12)26-22(29)16-6-4-14(10-17(16)23(26)30)21(28)25-18-7-5-15(24(31)32)11-20(18)27/h3-11,27H,1-2H3,(H,25,28)(H,31,32). The molecular formula is C24H18N2O6. The normalized spacial score (nSPS) is 12.6. The maximum Gasteiger partial charge on any atom is 0.335 e. The number of rotatable bonds is 4. The predicted octanol–water partition coefficient (Wildman–Crippen LogP) is 3.76. The van der Waals surface area contributed by atoms with Crippen LogP contribution in [0.3, 0.4) is 0 Å². The summed E-state index contributed by atoms with van der Waals surface area (Å²) in [6, 6.07) is 13.1. The van der Waals surface area contributed by atoms with Crippen LogP contribution < -0.4 is 10.2 Å². The van der Waals surface area contributed by atoms with Gasteiger partial charge in [0.1, 0.15) is 5.75 Å². The smallest absolute Gasteiger partial charge is 0.335 e. The summed E-state index contributed by atoms with van der Waals surface area (Å²) in [4.78, 5) is 50.6. The summed E-state index contributed by atoms with van der Waals surface area (Å²) in [6.07, 6.45) is 0. The fraction of sp³-hybridized carbons (Fsp3) is 0.0833. The lowest BCUT2D eigenvalue weighted by Gasteiger charge is -2.16. The highest BCUT2D eigenvalue weighted by molar-refractivity contribution is 6.35. The molecule has 160 valence electrons. The van der Waals surface area contributed by atoms with E-state index in [2.05, 4.69) is 5.32 Å². The van der Waals surface area contributed by atoms with E-state index in [9.17, 15) is 24.3 Å². The molecule has 0 fully saturated rings. The number of phenols is 1. The van der Waals surface area contributed by atoms with Crippen LogP contribution in [0.15, 0.2) is 54.6 Å². The van der Waals surface area contributed by atoms with Crippen molar-refractivity contribution in [2.45, 2.75) is 13.8 Å². The Morgan fingerprint density at radius 3 is 2.19 bits per heavy atom. The zero-order chi connectivity index (χ0) is 23.2. The van der Waals surface area contributed by atoms with Gasteiger partial charge in [-0.05, 0) is 61.9 Å². The van der Waals surface area contributed by atoms with Crippen molar-refractivity contribution in [2.75, 3.05) is 10.2 Å². The Bertz CT molecular complexity index is 1330. The van der Waals surface area contributed by atoms with Crippen molar-refractivity contribution in [2.24, 2.45) is 0 Å². The molecule has 1 heterocycles. The van der Waals surface area contributed by atoms with Crippen LogP contribution in [0.25, 0.3) is 0 Å². The quantitative estimate of drug-likeness (QED) is 0.428. The van der Waals surface area contributed by atoms with E-state index >= 15 is 0 Å². The van der Waals surface area contributed by atoms with E-state index < -0.39 is 29.4 Å². The minimum atomic E-state index is -1.21. The Labute approximate surface area is 182 Å². The molecule has 0 atom stereocenters. The summed E-state index contributed by atoms with van der Waals surface area (Å²) in [5.41, 5.74) is 2.55. The van der Waals surface area contributed by atoms with E-state index in [0.29, 0.717) is 5.69 Å². The van der Waals surface area contributed by atoms with Crippen LogP contribution in [0.5, 0.6) is 5.75 Å². The van der Waals surface area contributed by atoms with E-state index in [1.165, 1.54) is 30.3 Å². The van der Waals surface area contributed by atoms with Gasteiger partial charge in [0.25, 0.3) is 17.7 Å². The molecule has 0 spiro atoms. The summed E-state index contributed by atoms with van der Waals surface area (Å²) in [7, 11) is 0. The second kappa shape index (κ2) is 7.66. The maximum absolute atomic E-state index is 13.0. The number of aromatic hydroxyl groups is 1. The van der Waals surface area contributed by atoms with Crippen LogP contribution in [0.4, 0.5) is 11.4 Å². The summed E-state index contributed by atoms with van der Waals surface area (Å²) in [5.74, 6) is -3.25. The molecule has 8 heteroatoms. The number of aromatic carboxylic acids is 1. The third-order valence-electron chi connectivity index (χ3n) is 5.23. The van der Waals surface area contributed by atoms with Crippen LogP contribution in [0.1, 0.15) is 52.6 Å². The van der Waals surface area contributed by atoms with Crippen molar-refractivity contribution in [3.8, 4) is 5.75 Å². The first kappa shape index (κ1) is 20.8. The van der Waals surface area contributed by atoms with Gasteiger partial charge in [0.15, 0.2) is 0 Å². The number of nitrogens with zero attached hydrogens (tertiary/aromatic N) is 1. The van der Waals surface area contributed by atoms with Gasteiger partial charge in [-0.15, -0.1) is 0 Å². The Morgan fingerprint density at radius 1 is 0.844 bits per heavy atom. The van der Waals surface area contributed by atoms with Gasteiger partial charge < -0.3 is 15.5 Å². The molecule has 0 saturated heterocycles. The molecule has 3 aromatic rings. The van der Waals surface area contributed by atoms with Crippen LogP contribution >= 0.6 is 0 Å². The molecule has 8 nitrogen and oxygen atoms in total. The number of imide groups is 1. The summed E-state index contributed by atoms with van der Waals surface area (Å²) in [6.45, 7) is 3.73. The number of amides is 3. The van der Waals surface area contributed by atoms with Crippen molar-refractivity contribution in [1.29, 1.82) is 0 Å². The monoisotopic (exact) mass is 430 g/mol. The average molecular weight is 430 g/mol. The lowest BCUT2D eigenvalue weighted by atomic mass is 10.1. The van der Waals surface area contributed by atoms with E-state index in [1.54, 1.807) is 6.07 Å². The number of benzene rings is 3. The van der Waals surface area contributed by atoms with Crippen molar-refractivity contribution in [1.82, 2.24) is 0 Å². The number of hydrogen-bond acceptors (Lipinski definition) is 5. The van der Waals surface area contributed by atoms with Gasteiger partial charge in [-0.25, -0.2) is 9.69 Å². The zero-order valence-corrected chi connectivity index (χ0v) is 17.2. The fourth-order valence-electron chi connectivity index (χ4n) is 3.62. The Hall–Kier alpha value is -4.46. The van der Waals surface area contributed by atoms with Crippen LogP contribution in [-0.4, -0.2) is 33.9 Å². The Kier molecular flexibility index (Phi) is 4.98. The second-order valence-corrected chi connectivity index (χ2v) is 7.49. The number of carbonyl (C=O) groups is 4. The molecule has 0 aliphatic carbocycles. The van der Waals surface area contributed by atoms with Crippen molar-refractivity contribution < 1.29 is 29.4 Å². The SMILES string of the molecule is Cc1ccc(N2C(=O)c3ccc(C(=O)Nc4ccc(C(=O)O)cc4O)cc3C2=O)c(C)c1. The van der Waals surface area contributed by atoms with Gasteiger partial charge in [-0.1, -0.05) is 17.7 Å². The minimum Gasteiger partial charge on any atom is -0.506 e. The first-order valence-corrected chi connectivity index (χ1v) is 9.65. The van der Waals surface area contributed by atoms with Gasteiger partial charge in [0.2, 0.25) is 0 Å². The summed E-state index contributed by atoms with van der Waals surface area (Å²) < 4.78 is 0. The number of aryl methyl sites for hydroxylation is 2. The largest absolute Gasteiger partial charge is 0.506 e. The number of carbonyl (C=O) groups excluding carboxylic acids is 3. The van der Waals surface area contributed by atoms with Crippen molar-refractivity contribution in [3.63, 3.8) is 0 Å². The number of fused-ring (bicyclic) bond motifs is 1. The summed E-state index contributed by atoms with van der Waals surface area (Å²) >= 11 is 0. The third-order valence-corrected chi connectivity index (χ3v) is 5.23. The molecule has 0 aromatic heterocycles. The number of carboxylic acid groups (broad SMARTS) is 1. The van der Waals surface area contributed by atoms with Crippen molar-refractivity contribution in [3.05, 3.63) is 88.0 Å². The maximum atomic E-state index is 13.0. The van der Waals surface area contributed by atoms with Crippen LogP contribution in [0, 0.1) is 13.8 Å². The van der Waals surface area contributed by atoms with Crippen LogP contribution in [0.2, 0.25) is 0 Å². The highest BCUT2D eigenvalue weighted by atomic mass is 16.4. The first-order chi connectivity index (χ1) is 15.2.